The molecule has 1 amide bonds. The number of aryl methyl sites for hydroxylation is 1. The standard InChI is InChI=1S/C17H23N5O4S/c1-11-6-5-7-14(21-17(23)26-4)13(11)10-19-15-8-12(9-20-16(15)18)27(24,25)22(2)3/h5-9,19H,10H2,1-4H3,(H2,18,20)(H,21,23). The van der Waals surface area contributed by atoms with Crippen molar-refractivity contribution in [3.63, 3.8) is 0 Å². The fourth-order valence-corrected chi connectivity index (χ4v) is 3.22. The first-order valence-electron chi connectivity index (χ1n) is 8.02. The minimum atomic E-state index is -3.63. The Labute approximate surface area is 158 Å². The molecule has 1 aromatic heterocycles. The lowest BCUT2D eigenvalue weighted by Gasteiger charge is -2.16. The summed E-state index contributed by atoms with van der Waals surface area (Å²) >= 11 is 0. The Morgan fingerprint density at radius 2 is 2.00 bits per heavy atom. The van der Waals surface area contributed by atoms with Crippen LogP contribution >= 0.6 is 0 Å². The summed E-state index contributed by atoms with van der Waals surface area (Å²) < 4.78 is 30.3. The Morgan fingerprint density at radius 3 is 2.63 bits per heavy atom. The van der Waals surface area contributed by atoms with Crippen LogP contribution in [0, 0.1) is 6.92 Å². The Hall–Kier alpha value is -2.85. The monoisotopic (exact) mass is 393 g/mol. The van der Waals surface area contributed by atoms with Crippen molar-refractivity contribution >= 4 is 33.3 Å². The number of ether oxygens (including phenoxy) is 1. The van der Waals surface area contributed by atoms with Crippen LogP contribution in [0.1, 0.15) is 11.1 Å². The van der Waals surface area contributed by atoms with E-state index in [1.807, 2.05) is 19.1 Å². The minimum Gasteiger partial charge on any atom is -0.453 e. The highest BCUT2D eigenvalue weighted by Gasteiger charge is 2.19. The summed E-state index contributed by atoms with van der Waals surface area (Å²) in [5.41, 5.74) is 8.58. The largest absolute Gasteiger partial charge is 0.453 e. The highest BCUT2D eigenvalue weighted by molar-refractivity contribution is 7.89. The van der Waals surface area contributed by atoms with Gasteiger partial charge in [0.1, 0.15) is 10.7 Å². The number of pyridine rings is 1. The molecule has 4 N–H and O–H groups in total. The first kappa shape index (κ1) is 20.5. The molecule has 0 aliphatic carbocycles. The number of rotatable bonds is 6. The van der Waals surface area contributed by atoms with Crippen molar-refractivity contribution in [2.45, 2.75) is 18.4 Å². The zero-order valence-electron chi connectivity index (χ0n) is 15.6. The van der Waals surface area contributed by atoms with Gasteiger partial charge in [0.15, 0.2) is 0 Å². The smallest absolute Gasteiger partial charge is 0.411 e. The van der Waals surface area contributed by atoms with Gasteiger partial charge in [-0.2, -0.15) is 0 Å². The van der Waals surface area contributed by atoms with Gasteiger partial charge in [-0.25, -0.2) is 22.5 Å². The fraction of sp³-hybridized carbons (Fsp3) is 0.294. The molecule has 0 saturated carbocycles. The van der Waals surface area contributed by atoms with Crippen LogP contribution in [-0.2, 0) is 21.3 Å². The fourth-order valence-electron chi connectivity index (χ4n) is 2.35. The number of nitrogens with two attached hydrogens (primary N) is 1. The van der Waals surface area contributed by atoms with Gasteiger partial charge in [-0.3, -0.25) is 5.32 Å². The molecule has 0 bridgehead atoms. The molecule has 146 valence electrons. The Morgan fingerprint density at radius 1 is 1.30 bits per heavy atom. The third-order valence-electron chi connectivity index (χ3n) is 3.96. The molecule has 1 aromatic carbocycles. The van der Waals surface area contributed by atoms with Gasteiger partial charge in [0.05, 0.1) is 12.8 Å². The van der Waals surface area contributed by atoms with Gasteiger partial charge in [0.2, 0.25) is 10.0 Å². The topological polar surface area (TPSA) is 127 Å². The molecule has 0 atom stereocenters. The molecule has 0 spiro atoms. The molecule has 10 heteroatoms. The quantitative estimate of drug-likeness (QED) is 0.685. The number of hydrogen-bond acceptors (Lipinski definition) is 7. The van der Waals surface area contributed by atoms with Crippen molar-refractivity contribution in [3.05, 3.63) is 41.6 Å². The van der Waals surface area contributed by atoms with Crippen molar-refractivity contribution in [3.8, 4) is 0 Å². The number of nitrogen functional groups attached to an aromatic ring is 1. The number of amides is 1. The number of methoxy groups -OCH3 is 1. The number of hydrogen-bond donors (Lipinski definition) is 3. The second-order valence-corrected chi connectivity index (χ2v) is 8.11. The second-order valence-electron chi connectivity index (χ2n) is 5.96. The predicted octanol–water partition coefficient (Wildman–Crippen LogP) is 2.01. The van der Waals surface area contributed by atoms with Crippen molar-refractivity contribution in [1.82, 2.24) is 9.29 Å². The SMILES string of the molecule is COC(=O)Nc1cccc(C)c1CNc1cc(S(=O)(=O)N(C)C)cnc1N. The van der Waals surface area contributed by atoms with Crippen LogP contribution in [0.2, 0.25) is 0 Å². The summed E-state index contributed by atoms with van der Waals surface area (Å²) in [4.78, 5) is 15.5. The van der Waals surface area contributed by atoms with Crippen molar-refractivity contribution in [2.75, 3.05) is 37.6 Å². The van der Waals surface area contributed by atoms with Crippen LogP contribution in [0.5, 0.6) is 0 Å². The van der Waals surface area contributed by atoms with Crippen LogP contribution in [0.15, 0.2) is 35.4 Å². The number of nitrogens with one attached hydrogen (secondary N) is 2. The maximum atomic E-state index is 12.3. The number of nitrogens with zero attached hydrogens (tertiary/aromatic N) is 2. The zero-order chi connectivity index (χ0) is 20.2. The highest BCUT2D eigenvalue weighted by atomic mass is 32.2. The number of carbonyl (C=O) groups is 1. The molecule has 0 radical (unpaired) electrons. The Balaban J connectivity index is 2.31. The lowest BCUT2D eigenvalue weighted by molar-refractivity contribution is 0.187. The number of benzene rings is 1. The van der Waals surface area contributed by atoms with Crippen molar-refractivity contribution in [1.29, 1.82) is 0 Å². The summed E-state index contributed by atoms with van der Waals surface area (Å²) in [6.45, 7) is 2.19. The minimum absolute atomic E-state index is 0.0295. The summed E-state index contributed by atoms with van der Waals surface area (Å²) in [5.74, 6) is 0.170. The van der Waals surface area contributed by atoms with E-state index in [0.29, 0.717) is 17.9 Å². The van der Waals surface area contributed by atoms with E-state index in [2.05, 4.69) is 20.4 Å². The average molecular weight is 393 g/mol. The first-order valence-corrected chi connectivity index (χ1v) is 9.46. The molecule has 0 saturated heterocycles. The molecule has 0 unspecified atom stereocenters. The molecule has 9 nitrogen and oxygen atoms in total. The molecular formula is C17H23N5O4S. The predicted molar refractivity (Wildman–Crippen MR) is 104 cm³/mol. The van der Waals surface area contributed by atoms with Crippen LogP contribution < -0.4 is 16.4 Å². The summed E-state index contributed by atoms with van der Waals surface area (Å²) in [7, 11) is 0.534. The summed E-state index contributed by atoms with van der Waals surface area (Å²) in [5, 5.41) is 5.74. The van der Waals surface area contributed by atoms with Gasteiger partial charge in [-0.05, 0) is 30.2 Å². The van der Waals surface area contributed by atoms with Gasteiger partial charge < -0.3 is 15.8 Å². The van der Waals surface area contributed by atoms with E-state index in [0.717, 1.165) is 15.4 Å². The number of carbonyl (C=O) groups excluding carboxylic acids is 1. The highest BCUT2D eigenvalue weighted by Crippen LogP contribution is 2.25. The lowest BCUT2D eigenvalue weighted by atomic mass is 10.1. The molecule has 0 fully saturated rings. The Bertz CT molecular complexity index is 944. The van der Waals surface area contributed by atoms with Gasteiger partial charge in [-0.15, -0.1) is 0 Å². The van der Waals surface area contributed by atoms with Crippen LogP contribution in [0.3, 0.4) is 0 Å². The maximum Gasteiger partial charge on any atom is 0.411 e. The normalized spacial score (nSPS) is 11.3. The van der Waals surface area contributed by atoms with Crippen molar-refractivity contribution < 1.29 is 17.9 Å². The van der Waals surface area contributed by atoms with E-state index < -0.39 is 16.1 Å². The molecule has 1 heterocycles. The maximum absolute atomic E-state index is 12.3. The van der Waals surface area contributed by atoms with Gasteiger partial charge in [0.25, 0.3) is 0 Å². The summed E-state index contributed by atoms with van der Waals surface area (Å²) in [6, 6.07) is 6.89. The van der Waals surface area contributed by atoms with Gasteiger partial charge in [-0.1, -0.05) is 12.1 Å². The van der Waals surface area contributed by atoms with E-state index >= 15 is 0 Å². The third-order valence-corrected chi connectivity index (χ3v) is 5.74. The molecule has 27 heavy (non-hydrogen) atoms. The van der Waals surface area contributed by atoms with E-state index in [4.69, 9.17) is 5.73 Å². The number of anilines is 3. The van der Waals surface area contributed by atoms with E-state index in [-0.39, 0.29) is 10.7 Å². The average Bonchev–Trinajstić information content (AvgIpc) is 2.62. The Kier molecular flexibility index (Phi) is 6.24. The van der Waals surface area contributed by atoms with Crippen LogP contribution in [-0.4, -0.2) is 45.0 Å². The van der Waals surface area contributed by atoms with Crippen LogP contribution in [0.4, 0.5) is 22.0 Å². The van der Waals surface area contributed by atoms with E-state index in [9.17, 15) is 13.2 Å². The van der Waals surface area contributed by atoms with Gasteiger partial charge in [0, 0.05) is 32.5 Å². The van der Waals surface area contributed by atoms with E-state index in [1.165, 1.54) is 33.5 Å². The molecule has 0 aliphatic rings. The number of sulfonamides is 1. The molecule has 2 rings (SSSR count). The lowest BCUT2D eigenvalue weighted by Crippen LogP contribution is -2.22. The third kappa shape index (κ3) is 4.66. The van der Waals surface area contributed by atoms with Crippen LogP contribution in [0.25, 0.3) is 0 Å². The first-order chi connectivity index (χ1) is 12.7. The van der Waals surface area contributed by atoms with E-state index in [1.54, 1.807) is 6.07 Å². The number of aromatic nitrogens is 1. The van der Waals surface area contributed by atoms with Gasteiger partial charge >= 0.3 is 6.09 Å². The molecule has 0 aliphatic heterocycles. The second kappa shape index (κ2) is 8.23. The molecular weight excluding hydrogens is 370 g/mol. The summed E-state index contributed by atoms with van der Waals surface area (Å²) in [6.07, 6.45) is 0.635. The zero-order valence-corrected chi connectivity index (χ0v) is 16.4. The molecule has 2 aromatic rings. The van der Waals surface area contributed by atoms with Crippen molar-refractivity contribution in [2.24, 2.45) is 0 Å².